The van der Waals surface area contributed by atoms with E-state index in [4.69, 9.17) is 0 Å². The van der Waals surface area contributed by atoms with Crippen LogP contribution in [0.3, 0.4) is 0 Å². The van der Waals surface area contributed by atoms with Crippen LogP contribution in [0.4, 0.5) is 0 Å². The Morgan fingerprint density at radius 1 is 1.00 bits per heavy atom. The summed E-state index contributed by atoms with van der Waals surface area (Å²) in [6, 6.07) is 0. The monoisotopic (exact) mass is 355 g/mol. The van der Waals surface area contributed by atoms with Gasteiger partial charge in [-0.2, -0.15) is 0 Å². The lowest BCUT2D eigenvalue weighted by molar-refractivity contribution is -0.134. The topological polar surface area (TPSA) is 35.6 Å². The number of halogens is 1. The molecular formula is C19H34ClN3O. The first-order chi connectivity index (χ1) is 11.3. The third kappa shape index (κ3) is 3.91. The first kappa shape index (κ1) is 18.5. The minimum absolute atomic E-state index is 0. The largest absolute Gasteiger partial charge is 0.342 e. The highest BCUT2D eigenvalue weighted by atomic mass is 35.5. The average Bonchev–Trinajstić information content (AvgIpc) is 3.32. The summed E-state index contributed by atoms with van der Waals surface area (Å²) in [6.45, 7) is 8.20. The number of carbonyl (C=O) groups excluding carboxylic acids is 1. The van der Waals surface area contributed by atoms with E-state index in [2.05, 4.69) is 15.1 Å². The predicted octanol–water partition coefficient (Wildman–Crippen LogP) is 2.52. The summed E-state index contributed by atoms with van der Waals surface area (Å²) in [5, 5.41) is 3.46. The van der Waals surface area contributed by atoms with E-state index in [1.807, 2.05) is 0 Å². The average molecular weight is 356 g/mol. The molecule has 0 aromatic rings. The van der Waals surface area contributed by atoms with Crippen LogP contribution in [0.1, 0.15) is 51.4 Å². The number of rotatable bonds is 3. The molecule has 3 aliphatic heterocycles. The van der Waals surface area contributed by atoms with E-state index >= 15 is 0 Å². The van der Waals surface area contributed by atoms with Crippen molar-refractivity contribution < 1.29 is 4.79 Å². The first-order valence-electron chi connectivity index (χ1n) is 9.99. The Kier molecular flexibility index (Phi) is 6.10. The van der Waals surface area contributed by atoms with Crippen molar-refractivity contribution in [3.8, 4) is 0 Å². The van der Waals surface area contributed by atoms with Gasteiger partial charge in [0, 0.05) is 25.6 Å². The number of piperidine rings is 3. The molecule has 4 rings (SSSR count). The number of nitrogens with zero attached hydrogens (tertiary/aromatic N) is 2. The Hall–Kier alpha value is -0.320. The number of amides is 1. The zero-order valence-electron chi connectivity index (χ0n) is 15.0. The van der Waals surface area contributed by atoms with Crippen molar-refractivity contribution in [1.29, 1.82) is 0 Å². The van der Waals surface area contributed by atoms with Crippen molar-refractivity contribution in [3.05, 3.63) is 0 Å². The molecule has 1 atom stereocenters. The summed E-state index contributed by atoms with van der Waals surface area (Å²) in [5.74, 6) is 1.77. The number of likely N-dealkylation sites (tertiary alicyclic amines) is 2. The van der Waals surface area contributed by atoms with Crippen molar-refractivity contribution in [3.63, 3.8) is 0 Å². The maximum atomic E-state index is 12.7. The molecule has 3 saturated heterocycles. The van der Waals surface area contributed by atoms with Crippen LogP contribution in [0, 0.1) is 17.3 Å². The number of hydrogen-bond donors (Lipinski definition) is 1. The lowest BCUT2D eigenvalue weighted by Crippen LogP contribution is -2.42. The molecule has 0 aromatic carbocycles. The molecule has 1 amide bonds. The zero-order chi connectivity index (χ0) is 15.7. The molecular weight excluding hydrogens is 322 g/mol. The molecule has 1 saturated carbocycles. The molecule has 1 N–H and O–H groups in total. The maximum Gasteiger partial charge on any atom is 0.226 e. The van der Waals surface area contributed by atoms with Gasteiger partial charge in [-0.15, -0.1) is 12.4 Å². The fourth-order valence-electron chi connectivity index (χ4n) is 5.19. The van der Waals surface area contributed by atoms with Crippen LogP contribution in [0.25, 0.3) is 0 Å². The van der Waals surface area contributed by atoms with Gasteiger partial charge in [-0.3, -0.25) is 4.79 Å². The van der Waals surface area contributed by atoms with Crippen molar-refractivity contribution in [2.75, 3.05) is 45.8 Å². The lowest BCUT2D eigenvalue weighted by atomic mass is 9.89. The third-order valence-electron chi connectivity index (χ3n) is 6.98. The van der Waals surface area contributed by atoms with Crippen LogP contribution in [0.15, 0.2) is 0 Å². The van der Waals surface area contributed by atoms with Gasteiger partial charge in [-0.05, 0) is 88.9 Å². The van der Waals surface area contributed by atoms with E-state index in [1.54, 1.807) is 0 Å². The standard InChI is InChI=1S/C19H33N3O.ClH/c23-18(22-10-2-1-3-11-22)17-14-19(17)6-12-21(13-7-19)15-16-4-8-20-9-5-16;/h16-17,20H,1-15H2;1H. The Bertz CT molecular complexity index is 424. The van der Waals surface area contributed by atoms with Crippen LogP contribution in [-0.2, 0) is 4.79 Å². The minimum atomic E-state index is 0. The summed E-state index contributed by atoms with van der Waals surface area (Å²) in [6.07, 6.45) is 10.2. The number of nitrogens with one attached hydrogen (secondary N) is 1. The second-order valence-electron chi connectivity index (χ2n) is 8.50. The number of hydrogen-bond acceptors (Lipinski definition) is 3. The summed E-state index contributed by atoms with van der Waals surface area (Å²) in [4.78, 5) is 17.6. The van der Waals surface area contributed by atoms with Gasteiger partial charge in [0.25, 0.3) is 0 Å². The molecule has 0 bridgehead atoms. The molecule has 4 aliphatic rings. The normalized spacial score (nSPS) is 30.8. The Balaban J connectivity index is 0.00000169. The smallest absolute Gasteiger partial charge is 0.226 e. The van der Waals surface area contributed by atoms with E-state index in [0.717, 1.165) is 19.0 Å². The highest BCUT2D eigenvalue weighted by Crippen LogP contribution is 2.60. The lowest BCUT2D eigenvalue weighted by Gasteiger charge is -2.36. The molecule has 0 radical (unpaired) electrons. The Morgan fingerprint density at radius 3 is 2.33 bits per heavy atom. The highest BCUT2D eigenvalue weighted by Gasteiger charge is 2.59. The van der Waals surface area contributed by atoms with Gasteiger partial charge < -0.3 is 15.1 Å². The van der Waals surface area contributed by atoms with Gasteiger partial charge in [0.15, 0.2) is 0 Å². The molecule has 1 spiro atoms. The molecule has 24 heavy (non-hydrogen) atoms. The molecule has 5 heteroatoms. The summed E-state index contributed by atoms with van der Waals surface area (Å²) < 4.78 is 0. The van der Waals surface area contributed by atoms with Gasteiger partial charge in [0.2, 0.25) is 5.91 Å². The predicted molar refractivity (Wildman–Crippen MR) is 99.5 cm³/mol. The van der Waals surface area contributed by atoms with E-state index in [0.29, 0.717) is 17.2 Å². The Labute approximate surface area is 153 Å². The first-order valence-corrected chi connectivity index (χ1v) is 9.99. The fraction of sp³-hybridized carbons (Fsp3) is 0.947. The third-order valence-corrected chi connectivity index (χ3v) is 6.98. The highest BCUT2D eigenvalue weighted by molar-refractivity contribution is 5.85. The minimum Gasteiger partial charge on any atom is -0.342 e. The maximum absolute atomic E-state index is 12.7. The van der Waals surface area contributed by atoms with Crippen molar-refractivity contribution in [1.82, 2.24) is 15.1 Å². The van der Waals surface area contributed by atoms with Gasteiger partial charge in [-0.1, -0.05) is 0 Å². The molecule has 0 aromatic heterocycles. The van der Waals surface area contributed by atoms with Gasteiger partial charge >= 0.3 is 0 Å². The van der Waals surface area contributed by atoms with Crippen LogP contribution >= 0.6 is 12.4 Å². The van der Waals surface area contributed by atoms with E-state index in [1.165, 1.54) is 84.1 Å². The molecule has 138 valence electrons. The van der Waals surface area contributed by atoms with Gasteiger partial charge in [-0.25, -0.2) is 0 Å². The SMILES string of the molecule is Cl.O=C(C1CC12CCN(CC1CCNCC1)CC2)N1CCCCC1. The fourth-order valence-corrected chi connectivity index (χ4v) is 5.19. The Morgan fingerprint density at radius 2 is 1.67 bits per heavy atom. The number of carbonyl (C=O) groups is 1. The van der Waals surface area contributed by atoms with Crippen LogP contribution in [0.5, 0.6) is 0 Å². The van der Waals surface area contributed by atoms with Crippen molar-refractivity contribution >= 4 is 18.3 Å². The summed E-state index contributed by atoms with van der Waals surface area (Å²) in [5.41, 5.74) is 0.402. The second-order valence-corrected chi connectivity index (χ2v) is 8.50. The van der Waals surface area contributed by atoms with Crippen molar-refractivity contribution in [2.24, 2.45) is 17.3 Å². The van der Waals surface area contributed by atoms with Crippen LogP contribution in [-0.4, -0.2) is 61.5 Å². The van der Waals surface area contributed by atoms with E-state index < -0.39 is 0 Å². The van der Waals surface area contributed by atoms with Gasteiger partial charge in [0.05, 0.1) is 0 Å². The van der Waals surface area contributed by atoms with Crippen LogP contribution in [0.2, 0.25) is 0 Å². The van der Waals surface area contributed by atoms with Crippen molar-refractivity contribution in [2.45, 2.75) is 51.4 Å². The molecule has 1 aliphatic carbocycles. The molecule has 1 unspecified atom stereocenters. The van der Waals surface area contributed by atoms with Gasteiger partial charge in [0.1, 0.15) is 0 Å². The summed E-state index contributed by atoms with van der Waals surface area (Å²) >= 11 is 0. The molecule has 4 nitrogen and oxygen atoms in total. The van der Waals surface area contributed by atoms with Crippen LogP contribution < -0.4 is 5.32 Å². The quantitative estimate of drug-likeness (QED) is 0.845. The molecule has 4 fully saturated rings. The molecule has 3 heterocycles. The van der Waals surface area contributed by atoms with E-state index in [9.17, 15) is 4.79 Å². The zero-order valence-corrected chi connectivity index (χ0v) is 15.8. The summed E-state index contributed by atoms with van der Waals surface area (Å²) in [7, 11) is 0. The van der Waals surface area contributed by atoms with E-state index in [-0.39, 0.29) is 12.4 Å². The second kappa shape index (κ2) is 7.92.